The zero-order valence-corrected chi connectivity index (χ0v) is 13.2. The van der Waals surface area contributed by atoms with Gasteiger partial charge in [0.25, 0.3) is 0 Å². The predicted octanol–water partition coefficient (Wildman–Crippen LogP) is 6.02. The normalized spacial score (nSPS) is 32.5. The van der Waals surface area contributed by atoms with Crippen molar-refractivity contribution < 1.29 is 17.9 Å². The number of allylic oxidation sites excluding steroid dienone is 1. The first-order valence-corrected chi connectivity index (χ1v) is 8.55. The number of ether oxygens (including phenoxy) is 1. The lowest BCUT2D eigenvalue weighted by Gasteiger charge is -2.37. The topological polar surface area (TPSA) is 9.23 Å². The Bertz CT molecular complexity index is 374. The molecule has 0 heterocycles. The summed E-state index contributed by atoms with van der Waals surface area (Å²) in [7, 11) is 0. The summed E-state index contributed by atoms with van der Waals surface area (Å²) in [6.45, 7) is 4.44. The average Bonchev–Trinajstić information content (AvgIpc) is 2.55. The van der Waals surface area contributed by atoms with Crippen molar-refractivity contribution in [2.24, 2.45) is 17.8 Å². The molecule has 0 bridgehead atoms. The fourth-order valence-electron chi connectivity index (χ4n) is 4.04. The van der Waals surface area contributed by atoms with E-state index in [0.717, 1.165) is 51.6 Å². The summed E-state index contributed by atoms with van der Waals surface area (Å²) >= 11 is 0. The molecule has 0 radical (unpaired) electrons. The molecule has 0 aliphatic heterocycles. The van der Waals surface area contributed by atoms with Gasteiger partial charge >= 0.3 is 6.08 Å². The molecule has 0 N–H and O–H groups in total. The van der Waals surface area contributed by atoms with Gasteiger partial charge in [-0.2, -0.15) is 8.78 Å². The second-order valence-electron chi connectivity index (χ2n) is 6.70. The minimum absolute atomic E-state index is 0.369. The molecule has 0 atom stereocenters. The highest BCUT2D eigenvalue weighted by molar-refractivity contribution is 5.00. The minimum Gasteiger partial charge on any atom is -0.378 e. The second-order valence-corrected chi connectivity index (χ2v) is 6.70. The maximum Gasteiger partial charge on any atom is 0.301 e. The molecule has 0 spiro atoms. The van der Waals surface area contributed by atoms with E-state index < -0.39 is 17.8 Å². The minimum atomic E-state index is -2.12. The summed E-state index contributed by atoms with van der Waals surface area (Å²) in [4.78, 5) is 0. The number of rotatable bonds is 6. The van der Waals surface area contributed by atoms with Gasteiger partial charge in [0, 0.05) is 5.92 Å². The Morgan fingerprint density at radius 2 is 1.45 bits per heavy atom. The van der Waals surface area contributed by atoms with Gasteiger partial charge in [-0.1, -0.05) is 6.08 Å². The van der Waals surface area contributed by atoms with Crippen LogP contribution in [0.25, 0.3) is 0 Å². The molecule has 126 valence electrons. The molecule has 2 saturated carbocycles. The van der Waals surface area contributed by atoms with Gasteiger partial charge in [0.15, 0.2) is 5.83 Å². The maximum absolute atomic E-state index is 13.3. The van der Waals surface area contributed by atoms with Crippen molar-refractivity contribution in [3.05, 3.63) is 24.6 Å². The zero-order chi connectivity index (χ0) is 15.9. The SMILES string of the molecule is C=CCCOC1CCC(C2CCC(C(F)=C(F)F)CC2)CC1. The first-order valence-electron chi connectivity index (χ1n) is 8.55. The van der Waals surface area contributed by atoms with Crippen LogP contribution >= 0.6 is 0 Å². The molecule has 2 aliphatic rings. The molecule has 0 aromatic heterocycles. The van der Waals surface area contributed by atoms with Crippen molar-refractivity contribution in [1.29, 1.82) is 0 Å². The molecule has 2 fully saturated rings. The van der Waals surface area contributed by atoms with Crippen LogP contribution in [0, 0.1) is 17.8 Å². The lowest BCUT2D eigenvalue weighted by atomic mass is 9.70. The summed E-state index contributed by atoms with van der Waals surface area (Å²) in [5.74, 6) is -0.457. The fraction of sp³-hybridized carbons (Fsp3) is 0.778. The number of hydrogen-bond donors (Lipinski definition) is 0. The summed E-state index contributed by atoms with van der Waals surface area (Å²) in [5.41, 5.74) is 0. The van der Waals surface area contributed by atoms with E-state index in [2.05, 4.69) is 6.58 Å². The van der Waals surface area contributed by atoms with E-state index in [1.54, 1.807) is 0 Å². The third-order valence-electron chi connectivity index (χ3n) is 5.37. The van der Waals surface area contributed by atoms with Crippen LogP contribution in [-0.2, 0) is 4.74 Å². The fourth-order valence-corrected chi connectivity index (χ4v) is 4.04. The van der Waals surface area contributed by atoms with E-state index in [-0.39, 0.29) is 0 Å². The Hall–Kier alpha value is -0.770. The van der Waals surface area contributed by atoms with Gasteiger partial charge in [-0.3, -0.25) is 0 Å². The van der Waals surface area contributed by atoms with Crippen molar-refractivity contribution in [2.75, 3.05) is 6.61 Å². The van der Waals surface area contributed by atoms with Gasteiger partial charge in [0.2, 0.25) is 0 Å². The summed E-state index contributed by atoms with van der Waals surface area (Å²) < 4.78 is 43.7. The molecule has 0 aromatic carbocycles. The molecule has 2 aliphatic carbocycles. The van der Waals surface area contributed by atoms with E-state index >= 15 is 0 Å². The molecular weight excluding hydrogens is 289 g/mol. The van der Waals surface area contributed by atoms with Gasteiger partial charge < -0.3 is 4.74 Å². The molecule has 0 aromatic rings. The van der Waals surface area contributed by atoms with Crippen LogP contribution in [0.2, 0.25) is 0 Å². The van der Waals surface area contributed by atoms with Crippen molar-refractivity contribution >= 4 is 0 Å². The number of hydrogen-bond acceptors (Lipinski definition) is 1. The Balaban J connectivity index is 1.70. The van der Waals surface area contributed by atoms with Crippen LogP contribution in [0.5, 0.6) is 0 Å². The summed E-state index contributed by atoms with van der Waals surface area (Å²) in [5, 5.41) is 0. The Morgan fingerprint density at radius 3 is 1.95 bits per heavy atom. The summed E-state index contributed by atoms with van der Waals surface area (Å²) in [6, 6.07) is 0. The second kappa shape index (κ2) is 8.76. The van der Waals surface area contributed by atoms with Gasteiger partial charge in [-0.15, -0.1) is 6.58 Å². The third kappa shape index (κ3) is 4.87. The summed E-state index contributed by atoms with van der Waals surface area (Å²) in [6.07, 6.45) is 8.43. The molecule has 0 amide bonds. The van der Waals surface area contributed by atoms with Crippen LogP contribution < -0.4 is 0 Å². The highest BCUT2D eigenvalue weighted by Crippen LogP contribution is 2.42. The van der Waals surface area contributed by atoms with E-state index in [1.807, 2.05) is 6.08 Å². The third-order valence-corrected chi connectivity index (χ3v) is 5.37. The van der Waals surface area contributed by atoms with Crippen molar-refractivity contribution in [3.63, 3.8) is 0 Å². The molecule has 1 nitrogen and oxygen atoms in total. The van der Waals surface area contributed by atoms with E-state index in [9.17, 15) is 13.2 Å². The first-order chi connectivity index (χ1) is 10.6. The molecular formula is C18H27F3O. The Morgan fingerprint density at radius 1 is 0.909 bits per heavy atom. The average molecular weight is 316 g/mol. The van der Waals surface area contributed by atoms with Crippen molar-refractivity contribution in [2.45, 2.75) is 63.9 Å². The maximum atomic E-state index is 13.3. The molecule has 0 unspecified atom stereocenters. The molecule has 0 saturated heterocycles. The highest BCUT2D eigenvalue weighted by Gasteiger charge is 2.33. The molecule has 2 rings (SSSR count). The van der Waals surface area contributed by atoms with E-state index in [4.69, 9.17) is 4.74 Å². The van der Waals surface area contributed by atoms with Crippen LogP contribution in [-0.4, -0.2) is 12.7 Å². The van der Waals surface area contributed by atoms with Crippen LogP contribution in [0.4, 0.5) is 13.2 Å². The first kappa shape index (κ1) is 17.6. The van der Waals surface area contributed by atoms with E-state index in [0.29, 0.717) is 30.8 Å². The lowest BCUT2D eigenvalue weighted by Crippen LogP contribution is -2.29. The Kier molecular flexibility index (Phi) is 7.00. The standard InChI is InChI=1S/C18H27F3O/c1-2-3-12-22-16-10-8-14(9-11-16)13-4-6-15(7-5-13)17(19)18(20)21/h2,13-16H,1,3-12H2. The van der Waals surface area contributed by atoms with Gasteiger partial charge in [-0.25, -0.2) is 4.39 Å². The van der Waals surface area contributed by atoms with Crippen LogP contribution in [0.1, 0.15) is 57.8 Å². The smallest absolute Gasteiger partial charge is 0.301 e. The molecule has 4 heteroatoms. The van der Waals surface area contributed by atoms with Crippen molar-refractivity contribution in [3.8, 4) is 0 Å². The van der Waals surface area contributed by atoms with Crippen molar-refractivity contribution in [1.82, 2.24) is 0 Å². The number of halogens is 3. The zero-order valence-electron chi connectivity index (χ0n) is 13.2. The van der Waals surface area contributed by atoms with Crippen LogP contribution in [0.15, 0.2) is 24.6 Å². The van der Waals surface area contributed by atoms with Gasteiger partial charge in [0.1, 0.15) is 0 Å². The Labute approximate surface area is 131 Å². The highest BCUT2D eigenvalue weighted by atomic mass is 19.3. The van der Waals surface area contributed by atoms with Gasteiger partial charge in [0.05, 0.1) is 12.7 Å². The van der Waals surface area contributed by atoms with Crippen LogP contribution in [0.3, 0.4) is 0 Å². The largest absolute Gasteiger partial charge is 0.378 e. The monoisotopic (exact) mass is 316 g/mol. The predicted molar refractivity (Wildman–Crippen MR) is 82.3 cm³/mol. The van der Waals surface area contributed by atoms with Gasteiger partial charge in [-0.05, 0) is 69.6 Å². The quantitative estimate of drug-likeness (QED) is 0.430. The molecule has 22 heavy (non-hydrogen) atoms. The lowest BCUT2D eigenvalue weighted by molar-refractivity contribution is 0.00939. The van der Waals surface area contributed by atoms with E-state index in [1.165, 1.54) is 0 Å².